The summed E-state index contributed by atoms with van der Waals surface area (Å²) in [7, 11) is 0. The monoisotopic (exact) mass is 235 g/mol. The fourth-order valence-corrected chi connectivity index (χ4v) is 2.59. The maximum Gasteiger partial charge on any atom is 0.115 e. The number of piperidine rings is 1. The SMILES string of the molecule is CC1(C)CCCC(C(O)c2cccc(O)c2)N1. The second-order valence-electron chi connectivity index (χ2n) is 5.57. The van der Waals surface area contributed by atoms with Crippen molar-refractivity contribution in [3.63, 3.8) is 0 Å². The number of rotatable bonds is 2. The van der Waals surface area contributed by atoms with Crippen molar-refractivity contribution in [1.29, 1.82) is 0 Å². The summed E-state index contributed by atoms with van der Waals surface area (Å²) in [5.41, 5.74) is 0.862. The minimum atomic E-state index is -0.554. The number of aromatic hydroxyl groups is 1. The van der Waals surface area contributed by atoms with Crippen LogP contribution in [0.5, 0.6) is 5.75 Å². The molecule has 0 amide bonds. The van der Waals surface area contributed by atoms with E-state index in [2.05, 4.69) is 19.2 Å². The summed E-state index contributed by atoms with van der Waals surface area (Å²) >= 11 is 0. The Balaban J connectivity index is 2.12. The van der Waals surface area contributed by atoms with E-state index in [0.29, 0.717) is 0 Å². The van der Waals surface area contributed by atoms with Gasteiger partial charge in [-0.2, -0.15) is 0 Å². The van der Waals surface area contributed by atoms with Crippen LogP contribution in [0.2, 0.25) is 0 Å². The van der Waals surface area contributed by atoms with Gasteiger partial charge in [-0.3, -0.25) is 0 Å². The highest BCUT2D eigenvalue weighted by Gasteiger charge is 2.31. The number of aliphatic hydroxyl groups is 1. The first-order valence-corrected chi connectivity index (χ1v) is 6.23. The van der Waals surface area contributed by atoms with Crippen molar-refractivity contribution in [3.8, 4) is 5.75 Å². The molecule has 1 fully saturated rings. The Morgan fingerprint density at radius 3 is 2.82 bits per heavy atom. The number of aliphatic hydroxyl groups excluding tert-OH is 1. The molecule has 1 aromatic carbocycles. The number of benzene rings is 1. The quantitative estimate of drug-likeness (QED) is 0.737. The van der Waals surface area contributed by atoms with Gasteiger partial charge in [0, 0.05) is 11.6 Å². The van der Waals surface area contributed by atoms with Gasteiger partial charge in [-0.15, -0.1) is 0 Å². The van der Waals surface area contributed by atoms with Crippen LogP contribution < -0.4 is 5.32 Å². The molecule has 1 heterocycles. The summed E-state index contributed by atoms with van der Waals surface area (Å²) in [5.74, 6) is 0.205. The van der Waals surface area contributed by atoms with E-state index in [0.717, 1.165) is 24.8 Å². The van der Waals surface area contributed by atoms with Crippen molar-refractivity contribution in [1.82, 2.24) is 5.32 Å². The van der Waals surface area contributed by atoms with Gasteiger partial charge in [0.15, 0.2) is 0 Å². The predicted molar refractivity (Wildman–Crippen MR) is 67.9 cm³/mol. The van der Waals surface area contributed by atoms with E-state index >= 15 is 0 Å². The Kier molecular flexibility index (Phi) is 3.40. The van der Waals surface area contributed by atoms with E-state index < -0.39 is 6.10 Å². The summed E-state index contributed by atoms with van der Waals surface area (Å²) in [6.07, 6.45) is 2.68. The van der Waals surface area contributed by atoms with Gasteiger partial charge in [0.1, 0.15) is 5.75 Å². The van der Waals surface area contributed by atoms with Crippen molar-refractivity contribution in [2.45, 2.75) is 50.8 Å². The number of phenolic OH excluding ortho intramolecular Hbond substituents is 1. The molecule has 0 bridgehead atoms. The van der Waals surface area contributed by atoms with Crippen molar-refractivity contribution in [3.05, 3.63) is 29.8 Å². The summed E-state index contributed by atoms with van der Waals surface area (Å²) in [5, 5.41) is 23.2. The molecule has 3 N–H and O–H groups in total. The highest BCUT2D eigenvalue weighted by atomic mass is 16.3. The third-order valence-electron chi connectivity index (χ3n) is 3.49. The fourth-order valence-electron chi connectivity index (χ4n) is 2.59. The molecule has 0 spiro atoms. The fraction of sp³-hybridized carbons (Fsp3) is 0.571. The highest BCUT2D eigenvalue weighted by Crippen LogP contribution is 2.29. The lowest BCUT2D eigenvalue weighted by atomic mass is 9.85. The van der Waals surface area contributed by atoms with Gasteiger partial charge in [0.2, 0.25) is 0 Å². The molecule has 3 nitrogen and oxygen atoms in total. The van der Waals surface area contributed by atoms with E-state index in [4.69, 9.17) is 0 Å². The first kappa shape index (κ1) is 12.4. The van der Waals surface area contributed by atoms with E-state index in [1.54, 1.807) is 18.2 Å². The molecule has 0 saturated carbocycles. The molecule has 0 radical (unpaired) electrons. The minimum absolute atomic E-state index is 0.0700. The topological polar surface area (TPSA) is 52.5 Å². The van der Waals surface area contributed by atoms with Crippen molar-refractivity contribution in [2.24, 2.45) is 0 Å². The Bertz CT molecular complexity index is 390. The molecule has 1 aromatic rings. The van der Waals surface area contributed by atoms with Crippen molar-refractivity contribution >= 4 is 0 Å². The first-order chi connectivity index (χ1) is 7.98. The number of hydrogen-bond donors (Lipinski definition) is 3. The van der Waals surface area contributed by atoms with Gasteiger partial charge in [-0.1, -0.05) is 12.1 Å². The smallest absolute Gasteiger partial charge is 0.115 e. The van der Waals surface area contributed by atoms with Crippen LogP contribution in [0.4, 0.5) is 0 Å². The molecule has 0 aliphatic carbocycles. The molecule has 1 aliphatic rings. The number of phenols is 1. The Morgan fingerprint density at radius 2 is 2.18 bits per heavy atom. The van der Waals surface area contributed by atoms with Gasteiger partial charge < -0.3 is 15.5 Å². The molecule has 3 heteroatoms. The maximum absolute atomic E-state index is 10.3. The van der Waals surface area contributed by atoms with Crippen molar-refractivity contribution in [2.75, 3.05) is 0 Å². The lowest BCUT2D eigenvalue weighted by Crippen LogP contribution is -2.51. The van der Waals surface area contributed by atoms with Crippen LogP contribution in [0.25, 0.3) is 0 Å². The van der Waals surface area contributed by atoms with E-state index in [1.807, 2.05) is 6.07 Å². The minimum Gasteiger partial charge on any atom is -0.508 e. The molecule has 1 aliphatic heterocycles. The zero-order chi connectivity index (χ0) is 12.5. The lowest BCUT2D eigenvalue weighted by Gasteiger charge is -2.39. The van der Waals surface area contributed by atoms with Gasteiger partial charge in [-0.05, 0) is 50.8 Å². The van der Waals surface area contributed by atoms with Crippen LogP contribution in [0.15, 0.2) is 24.3 Å². The van der Waals surface area contributed by atoms with Crippen LogP contribution in [-0.4, -0.2) is 21.8 Å². The normalized spacial score (nSPS) is 25.5. The summed E-state index contributed by atoms with van der Waals surface area (Å²) < 4.78 is 0. The third-order valence-corrected chi connectivity index (χ3v) is 3.49. The Labute approximate surface area is 102 Å². The van der Waals surface area contributed by atoms with Crippen LogP contribution in [0.3, 0.4) is 0 Å². The molecule has 2 rings (SSSR count). The highest BCUT2D eigenvalue weighted by molar-refractivity contribution is 5.29. The molecule has 0 aromatic heterocycles. The van der Waals surface area contributed by atoms with Crippen LogP contribution >= 0.6 is 0 Å². The first-order valence-electron chi connectivity index (χ1n) is 6.23. The second-order valence-corrected chi connectivity index (χ2v) is 5.57. The summed E-state index contributed by atoms with van der Waals surface area (Å²) in [4.78, 5) is 0. The van der Waals surface area contributed by atoms with E-state index in [9.17, 15) is 10.2 Å². The van der Waals surface area contributed by atoms with Gasteiger partial charge >= 0.3 is 0 Å². The van der Waals surface area contributed by atoms with Gasteiger partial charge in [0.05, 0.1) is 6.10 Å². The zero-order valence-corrected chi connectivity index (χ0v) is 10.5. The standard InChI is InChI=1S/C14H21NO2/c1-14(2)8-4-7-12(15-14)13(17)10-5-3-6-11(16)9-10/h3,5-6,9,12-13,15-17H,4,7-8H2,1-2H3. The van der Waals surface area contributed by atoms with Crippen LogP contribution in [0.1, 0.15) is 44.8 Å². The molecule has 2 unspecified atom stereocenters. The lowest BCUT2D eigenvalue weighted by molar-refractivity contribution is 0.0843. The second kappa shape index (κ2) is 4.67. The maximum atomic E-state index is 10.3. The third kappa shape index (κ3) is 2.99. The average Bonchev–Trinajstić information content (AvgIpc) is 2.26. The zero-order valence-electron chi connectivity index (χ0n) is 10.5. The Morgan fingerprint density at radius 1 is 1.41 bits per heavy atom. The van der Waals surface area contributed by atoms with Gasteiger partial charge in [-0.25, -0.2) is 0 Å². The van der Waals surface area contributed by atoms with E-state index in [-0.39, 0.29) is 17.3 Å². The van der Waals surface area contributed by atoms with Gasteiger partial charge in [0.25, 0.3) is 0 Å². The predicted octanol–water partition coefficient (Wildman–Crippen LogP) is 2.35. The molecular formula is C14H21NO2. The molecule has 17 heavy (non-hydrogen) atoms. The number of nitrogens with one attached hydrogen (secondary N) is 1. The van der Waals surface area contributed by atoms with Crippen LogP contribution in [-0.2, 0) is 0 Å². The largest absolute Gasteiger partial charge is 0.508 e. The Hall–Kier alpha value is -1.06. The number of hydrogen-bond acceptors (Lipinski definition) is 3. The average molecular weight is 235 g/mol. The summed E-state index contributed by atoms with van der Waals surface area (Å²) in [6, 6.07) is 6.94. The van der Waals surface area contributed by atoms with Crippen LogP contribution in [0, 0.1) is 0 Å². The molecule has 1 saturated heterocycles. The molecular weight excluding hydrogens is 214 g/mol. The van der Waals surface area contributed by atoms with E-state index in [1.165, 1.54) is 0 Å². The molecule has 2 atom stereocenters. The molecule has 94 valence electrons. The van der Waals surface area contributed by atoms with Crippen molar-refractivity contribution < 1.29 is 10.2 Å². The summed E-state index contributed by atoms with van der Waals surface area (Å²) in [6.45, 7) is 4.32.